The minimum atomic E-state index is -1.12. The summed E-state index contributed by atoms with van der Waals surface area (Å²) in [4.78, 5) is 36.6. The number of imide groups is 1. The van der Waals surface area contributed by atoms with E-state index in [0.717, 1.165) is 22.9 Å². The number of nitrogens with zero attached hydrogens (tertiary/aromatic N) is 1. The van der Waals surface area contributed by atoms with Gasteiger partial charge in [0, 0.05) is 12.2 Å². The smallest absolute Gasteiger partial charge is 0.321 e. The van der Waals surface area contributed by atoms with Gasteiger partial charge in [-0.15, -0.1) is 24.2 Å². The highest BCUT2D eigenvalue weighted by atomic mass is 35.5. The SMILES string of the molecule is Cc1ccc(C)c(N2C(=O)CC(SCC(N)C(=O)O)C2=O)c1.Cl. The van der Waals surface area contributed by atoms with Crippen LogP contribution in [0.4, 0.5) is 5.69 Å². The molecule has 126 valence electrons. The molecular weight excluding hydrogens is 340 g/mol. The van der Waals surface area contributed by atoms with Crippen LogP contribution in [-0.2, 0) is 14.4 Å². The van der Waals surface area contributed by atoms with E-state index in [1.807, 2.05) is 26.0 Å². The molecule has 0 saturated carbocycles. The van der Waals surface area contributed by atoms with Crippen LogP contribution < -0.4 is 10.6 Å². The third kappa shape index (κ3) is 4.25. The summed E-state index contributed by atoms with van der Waals surface area (Å²) in [7, 11) is 0. The molecule has 1 aromatic rings. The standard InChI is InChI=1S/C15H18N2O4S.ClH/c1-8-3-4-9(2)11(5-8)17-13(18)6-12(14(17)19)22-7-10(16)15(20)21;/h3-5,10,12H,6-7,16H2,1-2H3,(H,20,21);1H. The number of aryl methyl sites for hydroxylation is 2. The number of nitrogens with two attached hydrogens (primary N) is 1. The Balaban J connectivity index is 0.00000264. The van der Waals surface area contributed by atoms with Gasteiger partial charge in [0.05, 0.1) is 10.9 Å². The van der Waals surface area contributed by atoms with Crippen molar-refractivity contribution < 1.29 is 19.5 Å². The molecule has 0 radical (unpaired) electrons. The lowest BCUT2D eigenvalue weighted by Gasteiger charge is -2.18. The van der Waals surface area contributed by atoms with Crippen LogP contribution in [0.25, 0.3) is 0 Å². The van der Waals surface area contributed by atoms with Gasteiger partial charge in [0.25, 0.3) is 0 Å². The third-order valence-electron chi connectivity index (χ3n) is 3.50. The van der Waals surface area contributed by atoms with Crippen molar-refractivity contribution in [2.24, 2.45) is 5.73 Å². The lowest BCUT2D eigenvalue weighted by atomic mass is 10.1. The molecule has 0 aromatic heterocycles. The summed E-state index contributed by atoms with van der Waals surface area (Å²) in [5, 5.41) is 8.20. The van der Waals surface area contributed by atoms with Crippen LogP contribution >= 0.6 is 24.2 Å². The van der Waals surface area contributed by atoms with E-state index < -0.39 is 17.3 Å². The molecule has 3 N–H and O–H groups in total. The highest BCUT2D eigenvalue weighted by Gasteiger charge is 2.40. The molecule has 0 aliphatic carbocycles. The summed E-state index contributed by atoms with van der Waals surface area (Å²) in [5.74, 6) is -1.59. The lowest BCUT2D eigenvalue weighted by Crippen LogP contribution is -2.35. The van der Waals surface area contributed by atoms with E-state index in [4.69, 9.17) is 10.8 Å². The van der Waals surface area contributed by atoms with E-state index in [-0.39, 0.29) is 36.4 Å². The van der Waals surface area contributed by atoms with Gasteiger partial charge in [-0.25, -0.2) is 4.90 Å². The third-order valence-corrected chi connectivity index (χ3v) is 4.83. The molecule has 0 spiro atoms. The van der Waals surface area contributed by atoms with Gasteiger partial charge < -0.3 is 10.8 Å². The Bertz CT molecular complexity index is 638. The first-order valence-corrected chi connectivity index (χ1v) is 7.90. The fraction of sp³-hybridized carbons (Fsp3) is 0.400. The molecule has 1 saturated heterocycles. The number of hydrogen-bond donors (Lipinski definition) is 2. The Labute approximate surface area is 144 Å². The molecule has 1 aliphatic heterocycles. The van der Waals surface area contributed by atoms with E-state index in [2.05, 4.69) is 0 Å². The summed E-state index contributed by atoms with van der Waals surface area (Å²) >= 11 is 1.12. The molecule has 6 nitrogen and oxygen atoms in total. The minimum Gasteiger partial charge on any atom is -0.480 e. The highest BCUT2D eigenvalue weighted by molar-refractivity contribution is 8.00. The van der Waals surface area contributed by atoms with Gasteiger partial charge in [0.2, 0.25) is 11.8 Å². The highest BCUT2D eigenvalue weighted by Crippen LogP contribution is 2.32. The van der Waals surface area contributed by atoms with Crippen molar-refractivity contribution in [3.8, 4) is 0 Å². The second-order valence-electron chi connectivity index (χ2n) is 5.33. The quantitative estimate of drug-likeness (QED) is 0.773. The Morgan fingerprint density at radius 1 is 1.43 bits per heavy atom. The van der Waals surface area contributed by atoms with Gasteiger partial charge in [-0.1, -0.05) is 12.1 Å². The number of thioether (sulfide) groups is 1. The fourth-order valence-corrected chi connectivity index (χ4v) is 3.33. The van der Waals surface area contributed by atoms with Crippen molar-refractivity contribution in [3.05, 3.63) is 29.3 Å². The number of anilines is 1. The normalized spacial score (nSPS) is 18.7. The van der Waals surface area contributed by atoms with Crippen molar-refractivity contribution in [1.82, 2.24) is 0 Å². The maximum Gasteiger partial charge on any atom is 0.321 e. The molecule has 8 heteroatoms. The van der Waals surface area contributed by atoms with Crippen LogP contribution in [-0.4, -0.2) is 39.9 Å². The summed E-state index contributed by atoms with van der Waals surface area (Å²) in [6.45, 7) is 3.74. The minimum absolute atomic E-state index is 0. The predicted octanol–water partition coefficient (Wildman–Crippen LogP) is 1.50. The lowest BCUT2D eigenvalue weighted by molar-refractivity contribution is -0.138. The van der Waals surface area contributed by atoms with Gasteiger partial charge in [-0.2, -0.15) is 0 Å². The van der Waals surface area contributed by atoms with Crippen molar-refractivity contribution in [1.29, 1.82) is 0 Å². The van der Waals surface area contributed by atoms with Crippen LogP contribution in [0.3, 0.4) is 0 Å². The maximum atomic E-state index is 12.5. The predicted molar refractivity (Wildman–Crippen MR) is 92.1 cm³/mol. The number of carboxylic acids is 1. The Kier molecular flexibility index (Phi) is 6.61. The zero-order valence-electron chi connectivity index (χ0n) is 12.8. The van der Waals surface area contributed by atoms with Gasteiger partial charge in [0.15, 0.2) is 0 Å². The molecule has 2 amide bonds. The number of carbonyl (C=O) groups is 3. The molecular formula is C15H19ClN2O4S. The van der Waals surface area contributed by atoms with Crippen molar-refractivity contribution >= 4 is 47.6 Å². The number of amides is 2. The largest absolute Gasteiger partial charge is 0.480 e. The fourth-order valence-electron chi connectivity index (χ4n) is 2.24. The first kappa shape index (κ1) is 19.5. The molecule has 0 bridgehead atoms. The average molecular weight is 359 g/mol. The van der Waals surface area contributed by atoms with E-state index in [1.165, 1.54) is 4.90 Å². The number of halogens is 1. The Morgan fingerprint density at radius 2 is 2.09 bits per heavy atom. The molecule has 2 atom stereocenters. The van der Waals surface area contributed by atoms with Crippen LogP contribution in [0.1, 0.15) is 17.5 Å². The number of hydrogen-bond acceptors (Lipinski definition) is 5. The van der Waals surface area contributed by atoms with Crippen LogP contribution in [0.5, 0.6) is 0 Å². The molecule has 1 aliphatic rings. The first-order valence-electron chi connectivity index (χ1n) is 6.85. The van der Waals surface area contributed by atoms with Crippen LogP contribution in [0.15, 0.2) is 18.2 Å². The zero-order valence-corrected chi connectivity index (χ0v) is 14.4. The number of carboxylic acid groups (broad SMARTS) is 1. The maximum absolute atomic E-state index is 12.5. The molecule has 1 heterocycles. The van der Waals surface area contributed by atoms with E-state index in [0.29, 0.717) is 5.69 Å². The Morgan fingerprint density at radius 3 is 2.70 bits per heavy atom. The molecule has 2 rings (SSSR count). The van der Waals surface area contributed by atoms with E-state index >= 15 is 0 Å². The van der Waals surface area contributed by atoms with Crippen molar-refractivity contribution in [3.63, 3.8) is 0 Å². The zero-order chi connectivity index (χ0) is 16.4. The van der Waals surface area contributed by atoms with Crippen molar-refractivity contribution in [2.75, 3.05) is 10.7 Å². The van der Waals surface area contributed by atoms with Crippen LogP contribution in [0.2, 0.25) is 0 Å². The van der Waals surface area contributed by atoms with Gasteiger partial charge in [-0.05, 0) is 31.0 Å². The summed E-state index contributed by atoms with van der Waals surface area (Å²) in [6, 6.07) is 4.55. The molecule has 23 heavy (non-hydrogen) atoms. The van der Waals surface area contributed by atoms with Gasteiger partial charge in [-0.3, -0.25) is 14.4 Å². The van der Waals surface area contributed by atoms with Crippen molar-refractivity contribution in [2.45, 2.75) is 31.6 Å². The van der Waals surface area contributed by atoms with E-state index in [9.17, 15) is 14.4 Å². The Hall–Kier alpha value is -1.57. The number of carbonyl (C=O) groups excluding carboxylic acids is 2. The van der Waals surface area contributed by atoms with Gasteiger partial charge >= 0.3 is 5.97 Å². The van der Waals surface area contributed by atoms with E-state index in [1.54, 1.807) is 6.07 Å². The monoisotopic (exact) mass is 358 g/mol. The number of rotatable bonds is 5. The van der Waals surface area contributed by atoms with Crippen LogP contribution in [0, 0.1) is 13.8 Å². The molecule has 1 fully saturated rings. The summed E-state index contributed by atoms with van der Waals surface area (Å²) in [6.07, 6.45) is 0.0726. The number of aliphatic carboxylic acids is 1. The second-order valence-corrected chi connectivity index (χ2v) is 6.56. The summed E-state index contributed by atoms with van der Waals surface area (Å²) in [5.41, 5.74) is 7.84. The topological polar surface area (TPSA) is 101 Å². The molecule has 1 aromatic carbocycles. The first-order chi connectivity index (χ1) is 10.3. The average Bonchev–Trinajstić information content (AvgIpc) is 2.73. The number of benzene rings is 1. The van der Waals surface area contributed by atoms with Gasteiger partial charge in [0.1, 0.15) is 6.04 Å². The second kappa shape index (κ2) is 7.81. The molecule has 2 unspecified atom stereocenters. The summed E-state index contributed by atoms with van der Waals surface area (Å²) < 4.78 is 0.